The Balaban J connectivity index is 1.54. The van der Waals surface area contributed by atoms with E-state index < -0.39 is 24.6 Å². The zero-order valence-corrected chi connectivity index (χ0v) is 14.0. The van der Waals surface area contributed by atoms with Crippen LogP contribution in [0.1, 0.15) is 58.8 Å². The molecule has 6 unspecified atom stereocenters. The quantitative estimate of drug-likeness (QED) is 0.718. The first-order valence-corrected chi connectivity index (χ1v) is 9.09. The minimum Gasteiger partial charge on any atom is -0.460 e. The molecule has 3 aliphatic rings. The predicted molar refractivity (Wildman–Crippen MR) is 82.5 cm³/mol. The zero-order chi connectivity index (χ0) is 16.6. The van der Waals surface area contributed by atoms with E-state index in [1.807, 2.05) is 0 Å². The second kappa shape index (κ2) is 7.04. The van der Waals surface area contributed by atoms with E-state index in [1.165, 1.54) is 0 Å². The highest BCUT2D eigenvalue weighted by Crippen LogP contribution is 2.41. The van der Waals surface area contributed by atoms with E-state index in [0.717, 1.165) is 25.7 Å². The van der Waals surface area contributed by atoms with Crippen LogP contribution in [0.2, 0.25) is 0 Å². The molecule has 1 heterocycles. The van der Waals surface area contributed by atoms with Crippen molar-refractivity contribution in [2.45, 2.75) is 89.4 Å². The highest BCUT2D eigenvalue weighted by atomic mass is 19.2. The Hall–Kier alpha value is -0.710. The lowest BCUT2D eigenvalue weighted by molar-refractivity contribution is -0.193. The second-order valence-electron chi connectivity index (χ2n) is 7.85. The second-order valence-corrected chi connectivity index (χ2v) is 7.85. The lowest BCUT2D eigenvalue weighted by Crippen LogP contribution is -2.53. The SMILES string of the molecule is CC1CCC(OC(=O)C2CCC3CC(C)C(F)C(F)C3O2)CC1. The molecule has 0 N–H and O–H groups in total. The van der Waals surface area contributed by atoms with Gasteiger partial charge in [-0.3, -0.25) is 0 Å². The summed E-state index contributed by atoms with van der Waals surface area (Å²) in [6, 6.07) is 0. The Kier molecular flexibility index (Phi) is 5.24. The first-order valence-electron chi connectivity index (χ1n) is 9.09. The number of halogens is 2. The average molecular weight is 330 g/mol. The molecule has 0 bridgehead atoms. The third-order valence-corrected chi connectivity index (χ3v) is 5.93. The molecule has 0 aromatic carbocycles. The van der Waals surface area contributed by atoms with Crippen LogP contribution in [0.25, 0.3) is 0 Å². The molecule has 3 rings (SSSR count). The molecular weight excluding hydrogens is 302 g/mol. The summed E-state index contributed by atoms with van der Waals surface area (Å²) >= 11 is 0. The summed E-state index contributed by atoms with van der Waals surface area (Å²) in [6.07, 6.45) is 1.14. The van der Waals surface area contributed by atoms with E-state index in [4.69, 9.17) is 9.47 Å². The predicted octanol–water partition coefficient (Wildman–Crippen LogP) is 3.99. The molecule has 3 fully saturated rings. The van der Waals surface area contributed by atoms with E-state index in [9.17, 15) is 13.6 Å². The van der Waals surface area contributed by atoms with Crippen molar-refractivity contribution in [1.82, 2.24) is 0 Å². The van der Waals surface area contributed by atoms with Gasteiger partial charge in [0, 0.05) is 0 Å². The maximum absolute atomic E-state index is 14.2. The molecule has 132 valence electrons. The number of esters is 1. The third-order valence-electron chi connectivity index (χ3n) is 5.93. The van der Waals surface area contributed by atoms with Gasteiger partial charge in [-0.2, -0.15) is 0 Å². The van der Waals surface area contributed by atoms with Crippen LogP contribution in [-0.4, -0.2) is 36.6 Å². The summed E-state index contributed by atoms with van der Waals surface area (Å²) in [7, 11) is 0. The van der Waals surface area contributed by atoms with Gasteiger partial charge >= 0.3 is 5.97 Å². The summed E-state index contributed by atoms with van der Waals surface area (Å²) in [5.74, 6) is 0.0491. The zero-order valence-electron chi connectivity index (χ0n) is 14.0. The van der Waals surface area contributed by atoms with Crippen molar-refractivity contribution in [3.05, 3.63) is 0 Å². The van der Waals surface area contributed by atoms with E-state index in [0.29, 0.717) is 25.2 Å². The van der Waals surface area contributed by atoms with E-state index >= 15 is 0 Å². The fourth-order valence-electron chi connectivity index (χ4n) is 4.35. The molecule has 1 aliphatic heterocycles. The van der Waals surface area contributed by atoms with Crippen molar-refractivity contribution in [2.24, 2.45) is 17.8 Å². The van der Waals surface area contributed by atoms with Crippen LogP contribution in [0.3, 0.4) is 0 Å². The van der Waals surface area contributed by atoms with Crippen LogP contribution in [-0.2, 0) is 14.3 Å². The Bertz CT molecular complexity index is 420. The molecule has 5 heteroatoms. The molecule has 2 aliphatic carbocycles. The maximum atomic E-state index is 14.2. The van der Waals surface area contributed by atoms with Crippen LogP contribution in [0.4, 0.5) is 8.78 Å². The van der Waals surface area contributed by atoms with Crippen molar-refractivity contribution in [3.63, 3.8) is 0 Å². The van der Waals surface area contributed by atoms with E-state index in [2.05, 4.69) is 6.92 Å². The minimum atomic E-state index is -1.63. The highest BCUT2D eigenvalue weighted by Gasteiger charge is 2.49. The molecule has 23 heavy (non-hydrogen) atoms. The molecule has 0 amide bonds. The molecule has 1 saturated heterocycles. The number of hydrogen-bond acceptors (Lipinski definition) is 3. The van der Waals surface area contributed by atoms with Crippen molar-refractivity contribution < 1.29 is 23.0 Å². The van der Waals surface area contributed by atoms with Gasteiger partial charge in [0.1, 0.15) is 12.3 Å². The lowest BCUT2D eigenvalue weighted by Gasteiger charge is -2.44. The Labute approximate surface area is 137 Å². The van der Waals surface area contributed by atoms with Crippen LogP contribution >= 0.6 is 0 Å². The number of carbonyl (C=O) groups excluding carboxylic acids is 1. The standard InChI is InChI=1S/C18H28F2O3/c1-10-3-6-13(7-4-10)22-18(21)14-8-5-12-9-11(2)15(19)16(20)17(12)23-14/h10-17H,3-9H2,1-2H3. The first kappa shape index (κ1) is 17.1. The number of hydrogen-bond donors (Lipinski definition) is 0. The minimum absolute atomic E-state index is 0.0200. The van der Waals surface area contributed by atoms with Crippen molar-refractivity contribution >= 4 is 5.97 Å². The van der Waals surface area contributed by atoms with Crippen LogP contribution in [0.15, 0.2) is 0 Å². The van der Waals surface area contributed by atoms with Gasteiger partial charge in [-0.15, -0.1) is 0 Å². The molecule has 0 radical (unpaired) electrons. The van der Waals surface area contributed by atoms with Crippen molar-refractivity contribution in [2.75, 3.05) is 0 Å². The monoisotopic (exact) mass is 330 g/mol. The summed E-state index contributed by atoms with van der Waals surface area (Å²) in [5, 5.41) is 0. The maximum Gasteiger partial charge on any atom is 0.335 e. The number of carbonyl (C=O) groups is 1. The smallest absolute Gasteiger partial charge is 0.335 e. The molecule has 2 saturated carbocycles. The summed E-state index contributed by atoms with van der Waals surface area (Å²) < 4.78 is 39.4. The fourth-order valence-corrected chi connectivity index (χ4v) is 4.35. The highest BCUT2D eigenvalue weighted by molar-refractivity contribution is 5.75. The molecular formula is C18H28F2O3. The fraction of sp³-hybridized carbons (Fsp3) is 0.944. The van der Waals surface area contributed by atoms with Gasteiger partial charge in [-0.05, 0) is 62.7 Å². The van der Waals surface area contributed by atoms with Gasteiger partial charge in [0.25, 0.3) is 0 Å². The van der Waals surface area contributed by atoms with Crippen molar-refractivity contribution in [1.29, 1.82) is 0 Å². The number of fused-ring (bicyclic) bond motifs is 1. The Morgan fingerprint density at radius 1 is 1.00 bits per heavy atom. The first-order chi connectivity index (χ1) is 11.0. The molecule has 0 aromatic heterocycles. The molecule has 3 nitrogen and oxygen atoms in total. The molecule has 0 spiro atoms. The van der Waals surface area contributed by atoms with Gasteiger partial charge in [0.15, 0.2) is 12.3 Å². The van der Waals surface area contributed by atoms with Crippen LogP contribution in [0, 0.1) is 17.8 Å². The van der Waals surface area contributed by atoms with Crippen LogP contribution < -0.4 is 0 Å². The topological polar surface area (TPSA) is 35.5 Å². The van der Waals surface area contributed by atoms with Gasteiger partial charge in [0.2, 0.25) is 0 Å². The lowest BCUT2D eigenvalue weighted by atomic mass is 9.74. The summed E-state index contributed by atoms with van der Waals surface area (Å²) in [6.45, 7) is 3.96. The number of rotatable bonds is 2. The van der Waals surface area contributed by atoms with E-state index in [-0.39, 0.29) is 23.9 Å². The van der Waals surface area contributed by atoms with Crippen molar-refractivity contribution in [3.8, 4) is 0 Å². The Morgan fingerprint density at radius 2 is 1.70 bits per heavy atom. The molecule has 6 atom stereocenters. The molecule has 0 aromatic rings. The largest absolute Gasteiger partial charge is 0.460 e. The van der Waals surface area contributed by atoms with E-state index in [1.54, 1.807) is 6.92 Å². The van der Waals surface area contributed by atoms with Gasteiger partial charge < -0.3 is 9.47 Å². The van der Waals surface area contributed by atoms with Crippen LogP contribution in [0.5, 0.6) is 0 Å². The van der Waals surface area contributed by atoms with Gasteiger partial charge in [-0.25, -0.2) is 13.6 Å². The van der Waals surface area contributed by atoms with Gasteiger partial charge in [0.05, 0.1) is 6.10 Å². The average Bonchev–Trinajstić information content (AvgIpc) is 2.54. The number of ether oxygens (including phenoxy) is 2. The normalized spacial score (nSPS) is 47.7. The summed E-state index contributed by atoms with van der Waals surface area (Å²) in [4.78, 5) is 12.3. The van der Waals surface area contributed by atoms with Gasteiger partial charge in [-0.1, -0.05) is 13.8 Å². The summed E-state index contributed by atoms with van der Waals surface area (Å²) in [5.41, 5.74) is 0. The Morgan fingerprint density at radius 3 is 2.39 bits per heavy atom. The third kappa shape index (κ3) is 3.70. The number of alkyl halides is 2.